The van der Waals surface area contributed by atoms with Crippen LogP contribution in [0.2, 0.25) is 0 Å². The molecule has 1 aromatic rings. The fraction of sp³-hybridized carbons (Fsp3) is 0.286. The van der Waals surface area contributed by atoms with Crippen molar-refractivity contribution in [1.82, 2.24) is 10.4 Å². The van der Waals surface area contributed by atoms with Gasteiger partial charge in [0.15, 0.2) is 0 Å². The van der Waals surface area contributed by atoms with Gasteiger partial charge in [0.05, 0.1) is 5.56 Å². The number of rotatable bonds is 2. The quantitative estimate of drug-likeness (QED) is 0.670. The summed E-state index contributed by atoms with van der Waals surface area (Å²) in [4.78, 5) is 11.2. The second-order valence-corrected chi connectivity index (χ2v) is 3.13. The van der Waals surface area contributed by atoms with Gasteiger partial charge in [-0.05, 0) is 11.4 Å². The van der Waals surface area contributed by atoms with Crippen LogP contribution in [0.5, 0.6) is 0 Å². The Morgan fingerprint density at radius 3 is 2.82 bits per heavy atom. The van der Waals surface area contributed by atoms with Gasteiger partial charge in [-0.15, -0.1) is 0 Å². The SMILES string of the molecule is CN(C)NC(=O)c1ccsc1. The Morgan fingerprint density at radius 1 is 1.64 bits per heavy atom. The largest absolute Gasteiger partial charge is 0.285 e. The Bertz CT molecular complexity index is 231. The molecule has 0 fully saturated rings. The first-order valence-electron chi connectivity index (χ1n) is 3.20. The number of amides is 1. The Labute approximate surface area is 69.6 Å². The first-order chi connectivity index (χ1) is 5.20. The van der Waals surface area contributed by atoms with Crippen molar-refractivity contribution in [2.24, 2.45) is 0 Å². The van der Waals surface area contributed by atoms with Crippen molar-refractivity contribution >= 4 is 17.2 Å². The predicted octanol–water partition coefficient (Wildman–Crippen LogP) is 0.954. The number of carbonyl (C=O) groups is 1. The fourth-order valence-electron chi connectivity index (χ4n) is 0.661. The van der Waals surface area contributed by atoms with Crippen molar-refractivity contribution in [3.05, 3.63) is 22.4 Å². The minimum absolute atomic E-state index is 0.0590. The Morgan fingerprint density at radius 2 is 2.36 bits per heavy atom. The maximum absolute atomic E-state index is 11.2. The first kappa shape index (κ1) is 8.23. The lowest BCUT2D eigenvalue weighted by Crippen LogP contribution is -2.35. The van der Waals surface area contributed by atoms with E-state index in [-0.39, 0.29) is 5.91 Å². The molecule has 60 valence electrons. The highest BCUT2D eigenvalue weighted by molar-refractivity contribution is 7.08. The van der Waals surface area contributed by atoms with Crippen molar-refractivity contribution in [1.29, 1.82) is 0 Å². The standard InChI is InChI=1S/C7H10N2OS/c1-9(2)8-7(10)6-3-4-11-5-6/h3-5H,1-2H3,(H,8,10). The zero-order valence-corrected chi connectivity index (χ0v) is 7.31. The molecule has 0 aliphatic heterocycles. The summed E-state index contributed by atoms with van der Waals surface area (Å²) in [6.45, 7) is 0. The van der Waals surface area contributed by atoms with Crippen molar-refractivity contribution in [2.75, 3.05) is 14.1 Å². The van der Waals surface area contributed by atoms with E-state index in [1.54, 1.807) is 25.2 Å². The molecule has 0 aliphatic carbocycles. The molecule has 0 atom stereocenters. The van der Waals surface area contributed by atoms with Crippen LogP contribution < -0.4 is 5.43 Å². The van der Waals surface area contributed by atoms with E-state index in [1.807, 2.05) is 10.8 Å². The number of nitrogens with zero attached hydrogens (tertiary/aromatic N) is 1. The molecule has 0 saturated heterocycles. The van der Waals surface area contributed by atoms with Gasteiger partial charge in [0.2, 0.25) is 0 Å². The van der Waals surface area contributed by atoms with Gasteiger partial charge in [-0.25, -0.2) is 5.01 Å². The molecule has 3 nitrogen and oxygen atoms in total. The van der Waals surface area contributed by atoms with E-state index in [9.17, 15) is 4.79 Å². The number of hydrogen-bond acceptors (Lipinski definition) is 3. The van der Waals surface area contributed by atoms with Crippen LogP contribution in [-0.2, 0) is 0 Å². The van der Waals surface area contributed by atoms with Crippen LogP contribution in [0.1, 0.15) is 10.4 Å². The van der Waals surface area contributed by atoms with E-state index in [1.165, 1.54) is 11.3 Å². The summed E-state index contributed by atoms with van der Waals surface area (Å²) < 4.78 is 0. The first-order valence-corrected chi connectivity index (χ1v) is 4.15. The molecule has 1 N–H and O–H groups in total. The van der Waals surface area contributed by atoms with Crippen molar-refractivity contribution in [3.63, 3.8) is 0 Å². The number of hydrazine groups is 1. The van der Waals surface area contributed by atoms with Crippen molar-refractivity contribution < 1.29 is 4.79 Å². The molecule has 0 spiro atoms. The van der Waals surface area contributed by atoms with Crippen LogP contribution in [0.4, 0.5) is 0 Å². The molecular weight excluding hydrogens is 160 g/mol. The molecule has 0 aromatic carbocycles. The zero-order chi connectivity index (χ0) is 8.27. The van der Waals surface area contributed by atoms with Gasteiger partial charge in [-0.1, -0.05) is 0 Å². The Kier molecular flexibility index (Phi) is 2.62. The minimum Gasteiger partial charge on any atom is -0.285 e. The molecule has 0 aliphatic rings. The third-order valence-electron chi connectivity index (χ3n) is 1.11. The van der Waals surface area contributed by atoms with Gasteiger partial charge in [0, 0.05) is 19.5 Å². The molecule has 1 amide bonds. The van der Waals surface area contributed by atoms with E-state index < -0.39 is 0 Å². The molecule has 1 rings (SSSR count). The highest BCUT2D eigenvalue weighted by atomic mass is 32.1. The van der Waals surface area contributed by atoms with E-state index in [4.69, 9.17) is 0 Å². The van der Waals surface area contributed by atoms with E-state index in [0.29, 0.717) is 5.56 Å². The smallest absolute Gasteiger partial charge is 0.266 e. The highest BCUT2D eigenvalue weighted by Gasteiger charge is 2.04. The normalized spacial score (nSPS) is 10.1. The van der Waals surface area contributed by atoms with Gasteiger partial charge < -0.3 is 0 Å². The fourth-order valence-corrected chi connectivity index (χ4v) is 1.30. The number of thiophene rings is 1. The Hall–Kier alpha value is -0.870. The Balaban J connectivity index is 2.57. The highest BCUT2D eigenvalue weighted by Crippen LogP contribution is 2.04. The molecule has 1 heterocycles. The molecule has 11 heavy (non-hydrogen) atoms. The van der Waals surface area contributed by atoms with E-state index >= 15 is 0 Å². The van der Waals surface area contributed by atoms with Crippen LogP contribution in [0.25, 0.3) is 0 Å². The summed E-state index contributed by atoms with van der Waals surface area (Å²) >= 11 is 1.52. The summed E-state index contributed by atoms with van der Waals surface area (Å²) in [6, 6.07) is 1.80. The molecule has 4 heteroatoms. The third-order valence-corrected chi connectivity index (χ3v) is 1.79. The summed E-state index contributed by atoms with van der Waals surface area (Å²) in [5.74, 6) is -0.0590. The van der Waals surface area contributed by atoms with Crippen LogP contribution in [-0.4, -0.2) is 25.0 Å². The van der Waals surface area contributed by atoms with Gasteiger partial charge in [0.1, 0.15) is 0 Å². The van der Waals surface area contributed by atoms with Crippen LogP contribution >= 0.6 is 11.3 Å². The summed E-state index contributed by atoms with van der Waals surface area (Å²) in [5, 5.41) is 5.32. The topological polar surface area (TPSA) is 32.3 Å². The molecule has 1 aromatic heterocycles. The maximum atomic E-state index is 11.2. The van der Waals surface area contributed by atoms with E-state index in [0.717, 1.165) is 0 Å². The second kappa shape index (κ2) is 3.50. The molecule has 0 bridgehead atoms. The second-order valence-electron chi connectivity index (χ2n) is 2.35. The van der Waals surface area contributed by atoms with Crippen LogP contribution in [0, 0.1) is 0 Å². The number of carbonyl (C=O) groups excluding carboxylic acids is 1. The van der Waals surface area contributed by atoms with Gasteiger partial charge in [-0.3, -0.25) is 10.2 Å². The van der Waals surface area contributed by atoms with Crippen LogP contribution in [0.3, 0.4) is 0 Å². The monoisotopic (exact) mass is 170 g/mol. The van der Waals surface area contributed by atoms with Gasteiger partial charge in [-0.2, -0.15) is 11.3 Å². The zero-order valence-electron chi connectivity index (χ0n) is 6.50. The third kappa shape index (κ3) is 2.32. The number of hydrogen-bond donors (Lipinski definition) is 1. The molecule has 0 unspecified atom stereocenters. The van der Waals surface area contributed by atoms with Crippen molar-refractivity contribution in [3.8, 4) is 0 Å². The minimum atomic E-state index is -0.0590. The average molecular weight is 170 g/mol. The lowest BCUT2D eigenvalue weighted by molar-refractivity contribution is 0.0857. The summed E-state index contributed by atoms with van der Waals surface area (Å²) in [5.41, 5.74) is 3.36. The summed E-state index contributed by atoms with van der Waals surface area (Å²) in [6.07, 6.45) is 0. The van der Waals surface area contributed by atoms with Crippen molar-refractivity contribution in [2.45, 2.75) is 0 Å². The lowest BCUT2D eigenvalue weighted by atomic mass is 10.3. The van der Waals surface area contributed by atoms with E-state index in [2.05, 4.69) is 5.43 Å². The molecular formula is C7H10N2OS. The molecule has 0 radical (unpaired) electrons. The number of nitrogens with one attached hydrogen (secondary N) is 1. The predicted molar refractivity (Wildman–Crippen MR) is 45.5 cm³/mol. The van der Waals surface area contributed by atoms with Gasteiger partial charge in [0.25, 0.3) is 5.91 Å². The summed E-state index contributed by atoms with van der Waals surface area (Å²) in [7, 11) is 3.56. The average Bonchev–Trinajstić information content (AvgIpc) is 2.35. The lowest BCUT2D eigenvalue weighted by Gasteiger charge is -2.10. The van der Waals surface area contributed by atoms with Crippen LogP contribution in [0.15, 0.2) is 16.8 Å². The molecule has 0 saturated carbocycles. The van der Waals surface area contributed by atoms with Gasteiger partial charge >= 0.3 is 0 Å². The maximum Gasteiger partial charge on any atom is 0.266 e.